The summed E-state index contributed by atoms with van der Waals surface area (Å²) in [6.45, 7) is 2.98. The Hall–Kier alpha value is -2.16. The van der Waals surface area contributed by atoms with Crippen LogP contribution in [-0.2, 0) is 6.42 Å². The molecule has 0 aliphatic carbocycles. The van der Waals surface area contributed by atoms with E-state index in [0.29, 0.717) is 0 Å². The maximum Gasteiger partial charge on any atom is 0.121 e. The lowest BCUT2D eigenvalue weighted by Crippen LogP contribution is -2.07. The minimum absolute atomic E-state index is 0.741. The number of nitrogen functional groups attached to an aromatic ring is 1. The molecule has 0 aliphatic heterocycles. The van der Waals surface area contributed by atoms with Gasteiger partial charge in [-0.3, -0.25) is 0 Å². The summed E-state index contributed by atoms with van der Waals surface area (Å²) in [5.41, 5.74) is 10.3. The van der Waals surface area contributed by atoms with Crippen LogP contribution in [0, 0.1) is 6.92 Å². The summed E-state index contributed by atoms with van der Waals surface area (Å²) in [7, 11) is 1.66. The molecule has 0 amide bonds. The lowest BCUT2D eigenvalue weighted by molar-refractivity contribution is 0.415. The summed E-state index contributed by atoms with van der Waals surface area (Å²) >= 11 is 0. The molecule has 0 radical (unpaired) electrons. The van der Waals surface area contributed by atoms with Crippen LogP contribution in [0.3, 0.4) is 0 Å². The van der Waals surface area contributed by atoms with E-state index in [1.807, 2.05) is 18.2 Å². The van der Waals surface area contributed by atoms with E-state index in [0.717, 1.165) is 30.1 Å². The van der Waals surface area contributed by atoms with Crippen LogP contribution in [0.2, 0.25) is 0 Å². The van der Waals surface area contributed by atoms with Crippen molar-refractivity contribution in [1.82, 2.24) is 0 Å². The first-order chi connectivity index (χ1) is 9.20. The van der Waals surface area contributed by atoms with Gasteiger partial charge >= 0.3 is 0 Å². The smallest absolute Gasteiger partial charge is 0.121 e. The van der Waals surface area contributed by atoms with Gasteiger partial charge in [-0.15, -0.1) is 0 Å². The summed E-state index contributed by atoms with van der Waals surface area (Å²) in [5, 5.41) is 3.36. The van der Waals surface area contributed by atoms with Gasteiger partial charge in [-0.25, -0.2) is 0 Å². The summed E-state index contributed by atoms with van der Waals surface area (Å²) < 4.78 is 5.20. The number of hydrogen-bond donors (Lipinski definition) is 2. The third-order valence-corrected chi connectivity index (χ3v) is 3.23. The fourth-order valence-corrected chi connectivity index (χ4v) is 2.04. The van der Waals surface area contributed by atoms with E-state index in [4.69, 9.17) is 10.5 Å². The van der Waals surface area contributed by atoms with Crippen LogP contribution in [0.4, 0.5) is 11.4 Å². The van der Waals surface area contributed by atoms with Crippen molar-refractivity contribution in [2.45, 2.75) is 13.3 Å². The normalized spacial score (nSPS) is 10.2. The highest BCUT2D eigenvalue weighted by atomic mass is 16.5. The number of hydrogen-bond acceptors (Lipinski definition) is 3. The van der Waals surface area contributed by atoms with Crippen molar-refractivity contribution in [3.63, 3.8) is 0 Å². The topological polar surface area (TPSA) is 47.3 Å². The fraction of sp³-hybridized carbons (Fsp3) is 0.250. The second-order valence-electron chi connectivity index (χ2n) is 4.56. The molecule has 2 aromatic carbocycles. The van der Waals surface area contributed by atoms with E-state index in [1.54, 1.807) is 7.11 Å². The van der Waals surface area contributed by atoms with Crippen molar-refractivity contribution in [2.24, 2.45) is 0 Å². The van der Waals surface area contributed by atoms with Gasteiger partial charge in [0, 0.05) is 12.6 Å². The second kappa shape index (κ2) is 6.14. The van der Waals surface area contributed by atoms with Crippen molar-refractivity contribution in [2.75, 3.05) is 24.7 Å². The van der Waals surface area contributed by atoms with Crippen LogP contribution in [-0.4, -0.2) is 13.7 Å². The molecule has 0 saturated carbocycles. The Kier molecular flexibility index (Phi) is 4.29. The molecule has 2 rings (SSSR count). The van der Waals surface area contributed by atoms with Gasteiger partial charge in [0.2, 0.25) is 0 Å². The third kappa shape index (κ3) is 3.41. The number of nitrogens with one attached hydrogen (secondary N) is 1. The third-order valence-electron chi connectivity index (χ3n) is 3.23. The standard InChI is InChI=1S/C16H20N2O/c1-12-5-3-4-6-13(12)9-10-18-16-11-14(19-2)7-8-15(16)17/h3-8,11,18H,9-10,17H2,1-2H3. The zero-order valence-electron chi connectivity index (χ0n) is 11.4. The summed E-state index contributed by atoms with van der Waals surface area (Å²) in [5.74, 6) is 0.813. The number of aryl methyl sites for hydroxylation is 1. The zero-order valence-corrected chi connectivity index (χ0v) is 11.4. The van der Waals surface area contributed by atoms with E-state index >= 15 is 0 Å². The van der Waals surface area contributed by atoms with Gasteiger partial charge in [0.15, 0.2) is 0 Å². The number of anilines is 2. The molecule has 3 heteroatoms. The number of nitrogens with two attached hydrogens (primary N) is 1. The van der Waals surface area contributed by atoms with Gasteiger partial charge in [-0.1, -0.05) is 24.3 Å². The van der Waals surface area contributed by atoms with Gasteiger partial charge in [0.1, 0.15) is 5.75 Å². The highest BCUT2D eigenvalue weighted by molar-refractivity contribution is 5.68. The average Bonchev–Trinajstić information content (AvgIpc) is 2.43. The Balaban J connectivity index is 1.98. The van der Waals surface area contributed by atoms with Crippen molar-refractivity contribution < 1.29 is 4.74 Å². The molecule has 0 spiro atoms. The highest BCUT2D eigenvalue weighted by Crippen LogP contribution is 2.24. The Bertz CT molecular complexity index is 552. The highest BCUT2D eigenvalue weighted by Gasteiger charge is 2.02. The zero-order chi connectivity index (χ0) is 13.7. The lowest BCUT2D eigenvalue weighted by Gasteiger charge is -2.11. The van der Waals surface area contributed by atoms with Crippen molar-refractivity contribution in [3.8, 4) is 5.75 Å². The average molecular weight is 256 g/mol. The first kappa shape index (κ1) is 13.3. The van der Waals surface area contributed by atoms with E-state index < -0.39 is 0 Å². The molecule has 0 heterocycles. The van der Waals surface area contributed by atoms with Gasteiger partial charge in [0.05, 0.1) is 18.5 Å². The molecular weight excluding hydrogens is 236 g/mol. The molecule has 19 heavy (non-hydrogen) atoms. The first-order valence-corrected chi connectivity index (χ1v) is 6.42. The minimum Gasteiger partial charge on any atom is -0.497 e. The van der Waals surface area contributed by atoms with Crippen molar-refractivity contribution in [3.05, 3.63) is 53.6 Å². The van der Waals surface area contributed by atoms with E-state index in [9.17, 15) is 0 Å². The largest absolute Gasteiger partial charge is 0.497 e. The molecule has 3 N–H and O–H groups in total. The van der Waals surface area contributed by atoms with Crippen LogP contribution >= 0.6 is 0 Å². The Morgan fingerprint density at radius 3 is 2.68 bits per heavy atom. The second-order valence-corrected chi connectivity index (χ2v) is 4.56. The maximum atomic E-state index is 5.94. The molecule has 0 unspecified atom stereocenters. The number of benzene rings is 2. The van der Waals surface area contributed by atoms with Crippen molar-refractivity contribution in [1.29, 1.82) is 0 Å². The van der Waals surface area contributed by atoms with Crippen LogP contribution in [0.1, 0.15) is 11.1 Å². The maximum absolute atomic E-state index is 5.94. The van der Waals surface area contributed by atoms with Crippen molar-refractivity contribution >= 4 is 11.4 Å². The summed E-state index contributed by atoms with van der Waals surface area (Å²) in [6.07, 6.45) is 0.976. The number of rotatable bonds is 5. The fourth-order valence-electron chi connectivity index (χ4n) is 2.04. The minimum atomic E-state index is 0.741. The quantitative estimate of drug-likeness (QED) is 0.807. The predicted molar refractivity (Wildman–Crippen MR) is 80.8 cm³/mol. The molecule has 0 aromatic heterocycles. The molecule has 2 aromatic rings. The number of ether oxygens (including phenoxy) is 1. The Labute approximate surface area is 114 Å². The van der Waals surface area contributed by atoms with E-state index in [-0.39, 0.29) is 0 Å². The van der Waals surface area contributed by atoms with Gasteiger partial charge in [-0.05, 0) is 36.6 Å². The summed E-state index contributed by atoms with van der Waals surface area (Å²) in [6, 6.07) is 14.1. The molecular formula is C16H20N2O. The monoisotopic (exact) mass is 256 g/mol. The van der Waals surface area contributed by atoms with Crippen LogP contribution in [0.25, 0.3) is 0 Å². The van der Waals surface area contributed by atoms with Gasteiger partial charge in [-0.2, -0.15) is 0 Å². The predicted octanol–water partition coefficient (Wildman–Crippen LogP) is 3.24. The van der Waals surface area contributed by atoms with Gasteiger partial charge < -0.3 is 15.8 Å². The number of methoxy groups -OCH3 is 1. The van der Waals surface area contributed by atoms with Crippen LogP contribution < -0.4 is 15.8 Å². The van der Waals surface area contributed by atoms with E-state index in [1.165, 1.54) is 11.1 Å². The molecule has 0 atom stereocenters. The molecule has 3 nitrogen and oxygen atoms in total. The van der Waals surface area contributed by atoms with Gasteiger partial charge in [0.25, 0.3) is 0 Å². The first-order valence-electron chi connectivity index (χ1n) is 6.42. The van der Waals surface area contributed by atoms with E-state index in [2.05, 4.69) is 36.5 Å². The Morgan fingerprint density at radius 2 is 1.95 bits per heavy atom. The van der Waals surface area contributed by atoms with Crippen LogP contribution in [0.5, 0.6) is 5.75 Å². The molecule has 0 saturated heterocycles. The Morgan fingerprint density at radius 1 is 1.16 bits per heavy atom. The molecule has 0 bridgehead atoms. The lowest BCUT2D eigenvalue weighted by atomic mass is 10.1. The summed E-state index contributed by atoms with van der Waals surface area (Å²) in [4.78, 5) is 0. The molecule has 0 fully saturated rings. The molecule has 100 valence electrons. The SMILES string of the molecule is COc1ccc(N)c(NCCc2ccccc2C)c1. The molecule has 0 aliphatic rings. The van der Waals surface area contributed by atoms with Crippen LogP contribution in [0.15, 0.2) is 42.5 Å².